The van der Waals surface area contributed by atoms with Gasteiger partial charge in [0.1, 0.15) is 7.57 Å². The molecule has 2 radical (unpaired) electrons. The van der Waals surface area contributed by atoms with Crippen molar-refractivity contribution >= 4 is 25.3 Å². The van der Waals surface area contributed by atoms with Crippen LogP contribution in [0.4, 0.5) is 0 Å². The Hall–Kier alpha value is 0.925. The van der Waals surface area contributed by atoms with Crippen LogP contribution in [0.3, 0.4) is 0 Å². The quantitative estimate of drug-likeness (QED) is 0.326. The number of hydrogen-bond acceptors (Lipinski definition) is 0. The van der Waals surface area contributed by atoms with E-state index >= 15 is 0 Å². The van der Waals surface area contributed by atoms with Gasteiger partial charge in [-0.25, -0.2) is 0 Å². The van der Waals surface area contributed by atoms with E-state index in [0.717, 1.165) is 5.90 Å². The van der Waals surface area contributed by atoms with Gasteiger partial charge in [0, 0.05) is 0 Å². The molecule has 0 nitrogen and oxygen atoms in total. The van der Waals surface area contributed by atoms with Crippen molar-refractivity contribution in [1.82, 2.24) is 0 Å². The van der Waals surface area contributed by atoms with Gasteiger partial charge in [0.15, 0.2) is 0 Å². The first-order valence-corrected chi connectivity index (χ1v) is 3.15. The third kappa shape index (κ3) is 2.92. The van der Waals surface area contributed by atoms with Crippen molar-refractivity contribution < 1.29 is 0 Å². The van der Waals surface area contributed by atoms with E-state index < -0.39 is 0 Å². The molecule has 0 amide bonds. The average molecular weight is 89.8 g/mol. The van der Waals surface area contributed by atoms with Gasteiger partial charge in [-0.1, -0.05) is 0 Å². The maximum Gasteiger partial charge on any atom is 0.105 e. The summed E-state index contributed by atoms with van der Waals surface area (Å²) in [6.07, 6.45) is 0. The third-order valence-corrected chi connectivity index (χ3v) is 1.06. The molecule has 2 atom stereocenters. The molecule has 0 spiro atoms. The van der Waals surface area contributed by atoms with Gasteiger partial charge >= 0.3 is 0 Å². The van der Waals surface area contributed by atoms with Crippen LogP contribution in [-0.2, 0) is 0 Å². The lowest BCUT2D eigenvalue weighted by molar-refractivity contribution is 2.31. The Balaban J connectivity index is 1.97. The van der Waals surface area contributed by atoms with E-state index in [2.05, 4.69) is 9.24 Å². The molecule has 0 aliphatic rings. The van der Waals surface area contributed by atoms with E-state index in [0.29, 0.717) is 8.46 Å². The Kier molecular flexibility index (Phi) is 4.83. The highest BCUT2D eigenvalue weighted by Gasteiger charge is 1.55. The Bertz CT molecular complexity index is 8.00. The van der Waals surface area contributed by atoms with Crippen LogP contribution in [0.25, 0.3) is 0 Å². The summed E-state index contributed by atoms with van der Waals surface area (Å²) in [5, 5.41) is 0. The Morgan fingerprint density at radius 1 is 2.00 bits per heavy atom. The maximum absolute atomic E-state index is 5.03. The second-order valence-corrected chi connectivity index (χ2v) is 2.45. The zero-order chi connectivity index (χ0) is 3.41. The summed E-state index contributed by atoms with van der Waals surface area (Å²) < 4.78 is 0. The zero-order valence-electron chi connectivity index (χ0n) is 2.36. The maximum atomic E-state index is 5.03. The summed E-state index contributed by atoms with van der Waals surface area (Å²) in [5.41, 5.74) is 0. The SMILES string of the molecule is [B]PCP. The Morgan fingerprint density at radius 2 is 2.25 bits per heavy atom. The first-order valence-electron chi connectivity index (χ1n) is 1.05. The number of rotatable bonds is 1. The van der Waals surface area contributed by atoms with Crippen molar-refractivity contribution in [2.24, 2.45) is 0 Å². The van der Waals surface area contributed by atoms with Gasteiger partial charge < -0.3 is 0 Å². The Labute approximate surface area is 32.1 Å². The molecule has 0 bridgehead atoms. The standard InChI is InChI=1S/CH5BP2/c2-4-1-3/h4H,1,3H2. The summed E-state index contributed by atoms with van der Waals surface area (Å²) in [5.74, 6) is 1.04. The molecule has 2 unspecified atom stereocenters. The van der Waals surface area contributed by atoms with Gasteiger partial charge in [-0.15, -0.1) is 9.24 Å². The van der Waals surface area contributed by atoms with Crippen molar-refractivity contribution in [2.75, 3.05) is 5.90 Å². The lowest BCUT2D eigenvalue weighted by Crippen LogP contribution is -1.41. The molecule has 3 heteroatoms. The highest BCUT2D eigenvalue weighted by Crippen LogP contribution is 2.02. The molecule has 0 aliphatic heterocycles. The number of hydrogen-bond donors (Lipinski definition) is 0. The van der Waals surface area contributed by atoms with Crippen LogP contribution in [0.5, 0.6) is 0 Å². The monoisotopic (exact) mass is 90.0 g/mol. The van der Waals surface area contributed by atoms with Crippen molar-refractivity contribution in [3.63, 3.8) is 0 Å². The average Bonchev–Trinajstić information content (AvgIpc) is 1.37. The minimum absolute atomic E-state index is 0.603. The highest BCUT2D eigenvalue weighted by atomic mass is 31.1. The topological polar surface area (TPSA) is 0 Å². The molecule has 0 aliphatic carbocycles. The molecule has 0 N–H and O–H groups in total. The minimum Gasteiger partial charge on any atom is -0.168 e. The first-order chi connectivity index (χ1) is 1.91. The Morgan fingerprint density at radius 3 is 2.25 bits per heavy atom. The van der Waals surface area contributed by atoms with Gasteiger partial charge in [0.2, 0.25) is 0 Å². The summed E-state index contributed by atoms with van der Waals surface area (Å²) in [7, 11) is 8.18. The van der Waals surface area contributed by atoms with E-state index in [9.17, 15) is 0 Å². The summed E-state index contributed by atoms with van der Waals surface area (Å²) in [6, 6.07) is 0. The van der Waals surface area contributed by atoms with E-state index in [-0.39, 0.29) is 0 Å². The first kappa shape index (κ1) is 4.92. The van der Waals surface area contributed by atoms with E-state index in [4.69, 9.17) is 7.57 Å². The third-order valence-electron chi connectivity index (χ3n) is 0.118. The summed E-state index contributed by atoms with van der Waals surface area (Å²) in [6.45, 7) is 0. The van der Waals surface area contributed by atoms with Gasteiger partial charge in [0.25, 0.3) is 0 Å². The molecular weight excluding hydrogens is 84.8 g/mol. The van der Waals surface area contributed by atoms with E-state index in [1.807, 2.05) is 0 Å². The molecule has 0 aromatic carbocycles. The molecule has 0 heterocycles. The molecule has 0 fully saturated rings. The lowest BCUT2D eigenvalue weighted by Gasteiger charge is -1.70. The fraction of sp³-hybridized carbons (Fsp3) is 1.00. The van der Waals surface area contributed by atoms with Crippen molar-refractivity contribution in [3.8, 4) is 0 Å². The molecule has 0 rings (SSSR count). The van der Waals surface area contributed by atoms with Crippen molar-refractivity contribution in [3.05, 3.63) is 0 Å². The second-order valence-electron chi connectivity index (χ2n) is 0.408. The van der Waals surface area contributed by atoms with Crippen LogP contribution in [0.15, 0.2) is 0 Å². The highest BCUT2D eigenvalue weighted by molar-refractivity contribution is 7.71. The fourth-order valence-electron chi connectivity index (χ4n) is 0. The van der Waals surface area contributed by atoms with E-state index in [1.54, 1.807) is 0 Å². The normalized spacial score (nSPS) is 10.2. The molecule has 22 valence electrons. The molecule has 0 aromatic rings. The van der Waals surface area contributed by atoms with Crippen LogP contribution in [0, 0.1) is 0 Å². The minimum atomic E-state index is 0.603. The molecular formula is CH5BP2. The fourth-order valence-corrected chi connectivity index (χ4v) is 0. The van der Waals surface area contributed by atoms with E-state index in [1.165, 1.54) is 0 Å². The predicted molar refractivity (Wildman–Crippen MR) is 28.6 cm³/mol. The van der Waals surface area contributed by atoms with Crippen molar-refractivity contribution in [2.45, 2.75) is 0 Å². The van der Waals surface area contributed by atoms with Crippen LogP contribution < -0.4 is 0 Å². The van der Waals surface area contributed by atoms with Gasteiger partial charge in [-0.2, -0.15) is 8.46 Å². The lowest BCUT2D eigenvalue weighted by atomic mass is 10.8. The largest absolute Gasteiger partial charge is 0.168 e. The molecule has 0 saturated heterocycles. The molecule has 0 aromatic heterocycles. The zero-order valence-corrected chi connectivity index (χ0v) is 4.52. The molecule has 0 saturated carbocycles. The van der Waals surface area contributed by atoms with Gasteiger partial charge in [-0.05, 0) is 5.90 Å². The smallest absolute Gasteiger partial charge is 0.105 e. The van der Waals surface area contributed by atoms with Crippen LogP contribution in [0.2, 0.25) is 0 Å². The van der Waals surface area contributed by atoms with Crippen LogP contribution in [0.1, 0.15) is 0 Å². The van der Waals surface area contributed by atoms with Crippen LogP contribution >= 0.6 is 17.7 Å². The summed E-state index contributed by atoms with van der Waals surface area (Å²) >= 11 is 0. The molecule has 4 heavy (non-hydrogen) atoms. The van der Waals surface area contributed by atoms with Gasteiger partial charge in [-0.3, -0.25) is 0 Å². The predicted octanol–water partition coefficient (Wildman–Crippen LogP) is 0.581. The van der Waals surface area contributed by atoms with Crippen molar-refractivity contribution in [1.29, 1.82) is 0 Å². The second kappa shape index (κ2) is 3.92. The summed E-state index contributed by atoms with van der Waals surface area (Å²) in [4.78, 5) is 0. The van der Waals surface area contributed by atoms with Gasteiger partial charge in [0.05, 0.1) is 0 Å². The van der Waals surface area contributed by atoms with Crippen LogP contribution in [-0.4, -0.2) is 13.5 Å².